The highest BCUT2D eigenvalue weighted by atomic mass is 19.1. The maximum absolute atomic E-state index is 13.0. The molecule has 0 rings (SSSR count). The molecule has 0 spiro atoms. The van der Waals surface area contributed by atoms with Crippen molar-refractivity contribution < 1.29 is 4.39 Å². The normalized spacial score (nSPS) is 11.9. The second kappa shape index (κ2) is 17.5. The lowest BCUT2D eigenvalue weighted by Crippen LogP contribution is -1.80. The quantitative estimate of drug-likeness (QED) is 0.496. The molecule has 0 nitrogen and oxygen atoms in total. The maximum atomic E-state index is 13.0. The first-order valence-corrected chi connectivity index (χ1v) is 6.80. The van der Waals surface area contributed by atoms with Crippen LogP contribution in [0.3, 0.4) is 0 Å². The van der Waals surface area contributed by atoms with Gasteiger partial charge in [0.05, 0.1) is 0 Å². The molecule has 0 fully saturated rings. The van der Waals surface area contributed by atoms with E-state index in [1.54, 1.807) is 6.08 Å². The molecule has 0 heterocycles. The third-order valence-corrected chi connectivity index (χ3v) is 1.73. The Morgan fingerprint density at radius 2 is 1.53 bits per heavy atom. The smallest absolute Gasteiger partial charge is 0.119 e. The van der Waals surface area contributed by atoms with Crippen LogP contribution in [0.2, 0.25) is 0 Å². The molecule has 0 amide bonds. The van der Waals surface area contributed by atoms with Gasteiger partial charge in [-0.15, -0.1) is 0 Å². The van der Waals surface area contributed by atoms with E-state index in [2.05, 4.69) is 6.92 Å². The van der Waals surface area contributed by atoms with Gasteiger partial charge in [-0.1, -0.05) is 66.2 Å². The number of hydrogen-bond acceptors (Lipinski definition) is 0. The van der Waals surface area contributed by atoms with Crippen molar-refractivity contribution >= 4 is 0 Å². The summed E-state index contributed by atoms with van der Waals surface area (Å²) in [7, 11) is 0. The molecule has 0 aliphatic carbocycles. The number of rotatable bonds is 4. The molecule has 0 saturated heterocycles. The zero-order chi connectivity index (χ0) is 14.3. The summed E-state index contributed by atoms with van der Waals surface area (Å²) in [4.78, 5) is 0. The largest absolute Gasteiger partial charge is 0.207 e. The van der Waals surface area contributed by atoms with Crippen LogP contribution in [0, 0.1) is 5.92 Å². The molecule has 1 heteroatoms. The van der Waals surface area contributed by atoms with Crippen molar-refractivity contribution in [2.24, 2.45) is 5.92 Å². The summed E-state index contributed by atoms with van der Waals surface area (Å²) < 4.78 is 13.0. The lowest BCUT2D eigenvalue weighted by molar-refractivity contribution is 0.644. The Kier molecular flexibility index (Phi) is 22.1. The summed E-state index contributed by atoms with van der Waals surface area (Å²) in [5, 5.41) is 0. The molecule has 102 valence electrons. The molecule has 0 aromatic heterocycles. The lowest BCUT2D eigenvalue weighted by Gasteiger charge is -1.95. The van der Waals surface area contributed by atoms with E-state index in [-0.39, 0.29) is 11.7 Å². The molecule has 0 N–H and O–H groups in total. The first-order chi connectivity index (χ1) is 8.10. The summed E-state index contributed by atoms with van der Waals surface area (Å²) in [6.45, 7) is 15.9. The van der Waals surface area contributed by atoms with Crippen molar-refractivity contribution in [1.29, 1.82) is 0 Å². The second-order valence-electron chi connectivity index (χ2n) is 3.35. The average molecular weight is 242 g/mol. The number of halogens is 1. The molecular weight excluding hydrogens is 211 g/mol. The molecule has 0 aliphatic rings. The molecule has 0 atom stereocenters. The number of hydrogen-bond donors (Lipinski definition) is 0. The Morgan fingerprint density at radius 3 is 1.82 bits per heavy atom. The lowest BCUT2D eigenvalue weighted by atomic mass is 10.1. The molecule has 17 heavy (non-hydrogen) atoms. The third kappa shape index (κ3) is 17.7. The van der Waals surface area contributed by atoms with E-state index < -0.39 is 0 Å². The van der Waals surface area contributed by atoms with Crippen LogP contribution in [0.25, 0.3) is 0 Å². The average Bonchev–Trinajstić information content (AvgIpc) is 2.34. The van der Waals surface area contributed by atoms with E-state index in [1.165, 1.54) is 6.08 Å². The van der Waals surface area contributed by atoms with Gasteiger partial charge in [0.25, 0.3) is 0 Å². The van der Waals surface area contributed by atoms with E-state index in [0.717, 1.165) is 12.0 Å². The Bertz CT molecular complexity index is 220. The molecule has 0 saturated carbocycles. The van der Waals surface area contributed by atoms with Gasteiger partial charge in [0.2, 0.25) is 0 Å². The monoisotopic (exact) mass is 242 g/mol. The standard InChI is InChI=1S/C12H19F.2C2H6/c1-5-11(6-2)7-8-12(13)9-10(3)4;2*1-2/h5,7-10H,6H2,1-4H3;2*1-2H3/b8-7-,11-5-,12-9-;;. The topological polar surface area (TPSA) is 0 Å². The fraction of sp³-hybridized carbons (Fsp3) is 0.625. The minimum absolute atomic E-state index is 0.150. The van der Waals surface area contributed by atoms with E-state index >= 15 is 0 Å². The zero-order valence-electron chi connectivity index (χ0n) is 13.0. The minimum Gasteiger partial charge on any atom is -0.207 e. The predicted octanol–water partition coefficient (Wildman–Crippen LogP) is 6.46. The van der Waals surface area contributed by atoms with Gasteiger partial charge in [-0.2, -0.15) is 0 Å². The van der Waals surface area contributed by atoms with Gasteiger partial charge in [-0.3, -0.25) is 0 Å². The first-order valence-electron chi connectivity index (χ1n) is 6.80. The van der Waals surface area contributed by atoms with Crippen molar-refractivity contribution in [3.63, 3.8) is 0 Å². The zero-order valence-corrected chi connectivity index (χ0v) is 13.0. The first kappa shape index (κ1) is 21.4. The SMILES string of the molecule is CC.CC.C\C=C(/C=C\C(F)=C\C(C)C)CC. The Hall–Kier alpha value is -0.850. The van der Waals surface area contributed by atoms with Crippen molar-refractivity contribution in [2.45, 2.75) is 61.8 Å². The Morgan fingerprint density at radius 1 is 1.06 bits per heavy atom. The molecule has 0 aromatic carbocycles. The van der Waals surface area contributed by atoms with Gasteiger partial charge in [0, 0.05) is 0 Å². The van der Waals surface area contributed by atoms with Crippen LogP contribution in [-0.4, -0.2) is 0 Å². The van der Waals surface area contributed by atoms with Crippen LogP contribution in [0.5, 0.6) is 0 Å². The predicted molar refractivity (Wildman–Crippen MR) is 79.9 cm³/mol. The van der Waals surface area contributed by atoms with E-state index in [9.17, 15) is 4.39 Å². The molecule has 0 bridgehead atoms. The van der Waals surface area contributed by atoms with Crippen LogP contribution in [-0.2, 0) is 0 Å². The molecule has 0 unspecified atom stereocenters. The van der Waals surface area contributed by atoms with Gasteiger partial charge in [-0.05, 0) is 31.4 Å². The molecular formula is C16H31F. The number of allylic oxidation sites excluding steroid dienone is 6. The Labute approximate surface area is 108 Å². The van der Waals surface area contributed by atoms with Crippen molar-refractivity contribution in [2.75, 3.05) is 0 Å². The van der Waals surface area contributed by atoms with Crippen molar-refractivity contribution in [1.82, 2.24) is 0 Å². The van der Waals surface area contributed by atoms with Gasteiger partial charge in [0.15, 0.2) is 0 Å². The highest BCUT2D eigenvalue weighted by Crippen LogP contribution is 2.08. The van der Waals surface area contributed by atoms with E-state index in [0.29, 0.717) is 0 Å². The molecule has 0 aromatic rings. The fourth-order valence-electron chi connectivity index (χ4n) is 0.979. The highest BCUT2D eigenvalue weighted by molar-refractivity contribution is 5.24. The van der Waals surface area contributed by atoms with Gasteiger partial charge < -0.3 is 0 Å². The van der Waals surface area contributed by atoms with Crippen molar-refractivity contribution in [3.8, 4) is 0 Å². The van der Waals surface area contributed by atoms with Crippen molar-refractivity contribution in [3.05, 3.63) is 35.7 Å². The fourth-order valence-corrected chi connectivity index (χ4v) is 0.979. The van der Waals surface area contributed by atoms with Crippen LogP contribution < -0.4 is 0 Å². The van der Waals surface area contributed by atoms with E-state index in [1.807, 2.05) is 60.6 Å². The van der Waals surface area contributed by atoms with Crippen LogP contribution in [0.1, 0.15) is 61.8 Å². The van der Waals surface area contributed by atoms with Gasteiger partial charge >= 0.3 is 0 Å². The maximum Gasteiger partial charge on any atom is 0.119 e. The molecule has 0 radical (unpaired) electrons. The highest BCUT2D eigenvalue weighted by Gasteiger charge is 1.91. The minimum atomic E-state index is -0.150. The summed E-state index contributed by atoms with van der Waals surface area (Å²) in [5.41, 5.74) is 1.16. The van der Waals surface area contributed by atoms with Crippen LogP contribution >= 0.6 is 0 Å². The van der Waals surface area contributed by atoms with Crippen LogP contribution in [0.4, 0.5) is 4.39 Å². The third-order valence-electron chi connectivity index (χ3n) is 1.73. The van der Waals surface area contributed by atoms with Gasteiger partial charge in [-0.25, -0.2) is 4.39 Å². The second-order valence-corrected chi connectivity index (χ2v) is 3.35. The van der Waals surface area contributed by atoms with Crippen LogP contribution in [0.15, 0.2) is 35.7 Å². The summed E-state index contributed by atoms with van der Waals surface area (Å²) in [5.74, 6) is 0.114. The summed E-state index contributed by atoms with van der Waals surface area (Å²) in [6.07, 6.45) is 7.91. The summed E-state index contributed by atoms with van der Waals surface area (Å²) in [6, 6.07) is 0. The summed E-state index contributed by atoms with van der Waals surface area (Å²) >= 11 is 0. The van der Waals surface area contributed by atoms with E-state index in [4.69, 9.17) is 0 Å². The van der Waals surface area contributed by atoms with Gasteiger partial charge in [0.1, 0.15) is 5.83 Å². The molecule has 0 aliphatic heterocycles. The Balaban J connectivity index is -0.000000439.